The van der Waals surface area contributed by atoms with E-state index in [4.69, 9.17) is 0 Å². The van der Waals surface area contributed by atoms with E-state index >= 15 is 0 Å². The molecule has 132 valence electrons. The van der Waals surface area contributed by atoms with Gasteiger partial charge in [0.05, 0.1) is 18.8 Å². The Morgan fingerprint density at radius 3 is 2.84 bits per heavy atom. The maximum atomic E-state index is 12.0. The average molecular weight is 341 g/mol. The first-order chi connectivity index (χ1) is 12.1. The van der Waals surface area contributed by atoms with E-state index in [9.17, 15) is 9.59 Å². The minimum atomic E-state index is -0.231. The van der Waals surface area contributed by atoms with Crippen molar-refractivity contribution in [2.24, 2.45) is 0 Å². The largest absolute Gasteiger partial charge is 0.344 e. The van der Waals surface area contributed by atoms with Crippen molar-refractivity contribution in [1.82, 2.24) is 25.3 Å². The number of nitrogens with zero attached hydrogens (tertiary/aromatic N) is 3. The van der Waals surface area contributed by atoms with Crippen molar-refractivity contribution in [3.05, 3.63) is 53.9 Å². The van der Waals surface area contributed by atoms with Gasteiger partial charge in [-0.2, -0.15) is 5.10 Å². The van der Waals surface area contributed by atoms with Crippen molar-refractivity contribution in [1.29, 1.82) is 0 Å². The first kappa shape index (κ1) is 17.0. The maximum Gasteiger partial charge on any atom is 0.315 e. The van der Waals surface area contributed by atoms with E-state index in [0.29, 0.717) is 32.5 Å². The summed E-state index contributed by atoms with van der Waals surface area (Å²) in [4.78, 5) is 25.1. The minimum absolute atomic E-state index is 0.00154. The van der Waals surface area contributed by atoms with E-state index in [-0.39, 0.29) is 18.0 Å². The van der Waals surface area contributed by atoms with Crippen LogP contribution in [0.4, 0.5) is 4.79 Å². The van der Waals surface area contributed by atoms with Gasteiger partial charge in [-0.15, -0.1) is 0 Å². The second kappa shape index (κ2) is 7.83. The van der Waals surface area contributed by atoms with Crippen molar-refractivity contribution in [3.63, 3.8) is 0 Å². The SMILES string of the molecule is CN1C[C@H](NC(=O)NCc2ccn(Cc3ccccc3)n2)CCC1=O. The lowest BCUT2D eigenvalue weighted by molar-refractivity contribution is -0.132. The van der Waals surface area contributed by atoms with Gasteiger partial charge in [0.25, 0.3) is 0 Å². The van der Waals surface area contributed by atoms with E-state index in [2.05, 4.69) is 27.9 Å². The Kier molecular flexibility index (Phi) is 5.33. The molecule has 2 heterocycles. The van der Waals surface area contributed by atoms with E-state index in [0.717, 1.165) is 5.69 Å². The number of carbonyl (C=O) groups is 2. The van der Waals surface area contributed by atoms with Crippen LogP contribution in [-0.4, -0.2) is 46.3 Å². The van der Waals surface area contributed by atoms with E-state index in [1.54, 1.807) is 11.9 Å². The minimum Gasteiger partial charge on any atom is -0.344 e. The fourth-order valence-corrected chi connectivity index (χ4v) is 2.89. The van der Waals surface area contributed by atoms with Crippen LogP contribution in [0.2, 0.25) is 0 Å². The summed E-state index contributed by atoms with van der Waals surface area (Å²) in [6, 6.07) is 11.8. The Bertz CT molecular complexity index is 728. The summed E-state index contributed by atoms with van der Waals surface area (Å²) < 4.78 is 1.85. The molecule has 1 aromatic heterocycles. The molecule has 7 heteroatoms. The fraction of sp³-hybridized carbons (Fsp3) is 0.389. The van der Waals surface area contributed by atoms with Crippen LogP contribution in [0.15, 0.2) is 42.6 Å². The summed E-state index contributed by atoms with van der Waals surface area (Å²) in [5.74, 6) is 0.127. The Labute approximate surface area is 147 Å². The smallest absolute Gasteiger partial charge is 0.315 e. The second-order valence-corrected chi connectivity index (χ2v) is 6.33. The Morgan fingerprint density at radius 2 is 2.08 bits per heavy atom. The van der Waals surface area contributed by atoms with Crippen molar-refractivity contribution in [2.45, 2.75) is 32.0 Å². The number of aromatic nitrogens is 2. The lowest BCUT2D eigenvalue weighted by Gasteiger charge is -2.30. The number of amides is 3. The van der Waals surface area contributed by atoms with Crippen LogP contribution in [-0.2, 0) is 17.9 Å². The maximum absolute atomic E-state index is 12.0. The second-order valence-electron chi connectivity index (χ2n) is 6.33. The van der Waals surface area contributed by atoms with Gasteiger partial charge in [0.1, 0.15) is 0 Å². The van der Waals surface area contributed by atoms with E-state index in [1.165, 1.54) is 5.56 Å². The average Bonchev–Trinajstić information content (AvgIpc) is 3.05. The monoisotopic (exact) mass is 341 g/mol. The van der Waals surface area contributed by atoms with Gasteiger partial charge in [-0.1, -0.05) is 30.3 Å². The van der Waals surface area contributed by atoms with Crippen molar-refractivity contribution < 1.29 is 9.59 Å². The Balaban J connectivity index is 1.44. The molecular formula is C18H23N5O2. The molecule has 0 unspecified atom stereocenters. The molecule has 3 amide bonds. The third kappa shape index (κ3) is 4.82. The normalized spacial score (nSPS) is 17.4. The number of likely N-dealkylation sites (tertiary alicyclic amines) is 1. The van der Waals surface area contributed by atoms with Crippen LogP contribution in [0.25, 0.3) is 0 Å². The molecular weight excluding hydrogens is 318 g/mol. The zero-order chi connectivity index (χ0) is 17.6. The van der Waals surface area contributed by atoms with E-state index < -0.39 is 0 Å². The van der Waals surface area contributed by atoms with Gasteiger partial charge in [0.2, 0.25) is 5.91 Å². The molecule has 25 heavy (non-hydrogen) atoms. The summed E-state index contributed by atoms with van der Waals surface area (Å²) >= 11 is 0. The quantitative estimate of drug-likeness (QED) is 0.862. The number of urea groups is 1. The summed E-state index contributed by atoms with van der Waals surface area (Å²) in [5, 5.41) is 10.2. The summed E-state index contributed by atoms with van der Waals surface area (Å²) in [6.07, 6.45) is 3.07. The highest BCUT2D eigenvalue weighted by atomic mass is 16.2. The van der Waals surface area contributed by atoms with Crippen molar-refractivity contribution in [2.75, 3.05) is 13.6 Å². The number of hydrogen-bond donors (Lipinski definition) is 2. The molecule has 1 aliphatic heterocycles. The van der Waals surface area contributed by atoms with Crippen molar-refractivity contribution in [3.8, 4) is 0 Å². The molecule has 3 rings (SSSR count). The lowest BCUT2D eigenvalue weighted by Crippen LogP contribution is -2.50. The first-order valence-electron chi connectivity index (χ1n) is 8.45. The zero-order valence-electron chi connectivity index (χ0n) is 14.3. The molecule has 1 aliphatic rings. The van der Waals surface area contributed by atoms with Crippen LogP contribution in [0.5, 0.6) is 0 Å². The number of likely N-dealkylation sites (N-methyl/N-ethyl adjacent to an activating group) is 1. The zero-order valence-corrected chi connectivity index (χ0v) is 14.3. The molecule has 1 saturated heterocycles. The molecule has 0 aliphatic carbocycles. The standard InChI is InChI=1S/C18H23N5O2/c1-22-13-16(7-8-17(22)24)20-18(25)19-11-15-9-10-23(21-15)12-14-5-3-2-4-6-14/h2-6,9-10,16H,7-8,11-13H2,1H3,(H2,19,20,25)/t16-/m1/s1. The third-order valence-corrected chi connectivity index (χ3v) is 4.28. The van der Waals surface area contributed by atoms with Gasteiger partial charge >= 0.3 is 6.03 Å². The number of piperidine rings is 1. The predicted molar refractivity (Wildman–Crippen MR) is 93.8 cm³/mol. The molecule has 0 spiro atoms. The Hall–Kier alpha value is -2.83. The summed E-state index contributed by atoms with van der Waals surface area (Å²) in [7, 11) is 1.76. The number of benzene rings is 1. The highest BCUT2D eigenvalue weighted by Crippen LogP contribution is 2.09. The summed E-state index contributed by atoms with van der Waals surface area (Å²) in [5.41, 5.74) is 1.99. The van der Waals surface area contributed by atoms with Crippen LogP contribution >= 0.6 is 0 Å². The van der Waals surface area contributed by atoms with Crippen LogP contribution in [0.1, 0.15) is 24.1 Å². The van der Waals surface area contributed by atoms with Gasteiger partial charge in [-0.05, 0) is 18.1 Å². The number of nitrogens with one attached hydrogen (secondary N) is 2. The van der Waals surface area contributed by atoms with Crippen LogP contribution in [0, 0.1) is 0 Å². The topological polar surface area (TPSA) is 79.3 Å². The van der Waals surface area contributed by atoms with Gasteiger partial charge in [-0.3, -0.25) is 9.48 Å². The molecule has 1 fully saturated rings. The van der Waals surface area contributed by atoms with Gasteiger partial charge in [0, 0.05) is 32.3 Å². The number of hydrogen-bond acceptors (Lipinski definition) is 3. The molecule has 1 aromatic carbocycles. The fourth-order valence-electron chi connectivity index (χ4n) is 2.89. The van der Waals surface area contributed by atoms with Crippen molar-refractivity contribution >= 4 is 11.9 Å². The lowest BCUT2D eigenvalue weighted by atomic mass is 10.1. The predicted octanol–water partition coefficient (Wildman–Crippen LogP) is 1.35. The van der Waals surface area contributed by atoms with Gasteiger partial charge in [0.15, 0.2) is 0 Å². The van der Waals surface area contributed by atoms with Gasteiger partial charge in [-0.25, -0.2) is 4.79 Å². The number of carbonyl (C=O) groups excluding carboxylic acids is 2. The highest BCUT2D eigenvalue weighted by molar-refractivity contribution is 5.78. The summed E-state index contributed by atoms with van der Waals surface area (Å²) in [6.45, 7) is 1.63. The number of rotatable bonds is 5. The van der Waals surface area contributed by atoms with Gasteiger partial charge < -0.3 is 15.5 Å². The molecule has 0 saturated carbocycles. The third-order valence-electron chi connectivity index (χ3n) is 4.28. The van der Waals surface area contributed by atoms with Crippen LogP contribution < -0.4 is 10.6 Å². The van der Waals surface area contributed by atoms with Crippen LogP contribution in [0.3, 0.4) is 0 Å². The molecule has 2 N–H and O–H groups in total. The molecule has 2 aromatic rings. The van der Waals surface area contributed by atoms with E-state index in [1.807, 2.05) is 35.1 Å². The molecule has 1 atom stereocenters. The molecule has 7 nitrogen and oxygen atoms in total. The highest BCUT2D eigenvalue weighted by Gasteiger charge is 2.23. The molecule has 0 radical (unpaired) electrons. The molecule has 0 bridgehead atoms. The Morgan fingerprint density at radius 1 is 1.28 bits per heavy atom. The first-order valence-corrected chi connectivity index (χ1v) is 8.45.